The summed E-state index contributed by atoms with van der Waals surface area (Å²) in [6.07, 6.45) is 2.85. The SMILES string of the molecule is O=C(O)c1cnoc1-c1cccc2cn[nH]c12. The second kappa shape index (κ2) is 3.44. The number of benzene rings is 1. The van der Waals surface area contributed by atoms with Crippen LogP contribution in [0.25, 0.3) is 22.2 Å². The minimum Gasteiger partial charge on any atom is -0.477 e. The molecule has 0 aliphatic heterocycles. The number of hydrogen-bond donors (Lipinski definition) is 2. The Balaban J connectivity index is 2.30. The van der Waals surface area contributed by atoms with Crippen LogP contribution in [0.4, 0.5) is 0 Å². The van der Waals surface area contributed by atoms with Crippen molar-refractivity contribution in [3.8, 4) is 11.3 Å². The van der Waals surface area contributed by atoms with E-state index >= 15 is 0 Å². The molecule has 0 saturated heterocycles. The van der Waals surface area contributed by atoms with Crippen molar-refractivity contribution in [1.29, 1.82) is 0 Å². The van der Waals surface area contributed by atoms with Crippen molar-refractivity contribution in [1.82, 2.24) is 15.4 Å². The average Bonchev–Trinajstić information content (AvgIpc) is 2.97. The zero-order chi connectivity index (χ0) is 11.8. The third-order valence-corrected chi connectivity index (χ3v) is 2.52. The van der Waals surface area contributed by atoms with Crippen molar-refractivity contribution in [2.24, 2.45) is 0 Å². The summed E-state index contributed by atoms with van der Waals surface area (Å²) in [6.45, 7) is 0. The maximum atomic E-state index is 11.0. The summed E-state index contributed by atoms with van der Waals surface area (Å²) in [7, 11) is 0. The molecule has 0 aliphatic rings. The summed E-state index contributed by atoms with van der Waals surface area (Å²) < 4.78 is 5.01. The molecule has 2 aromatic heterocycles. The van der Waals surface area contributed by atoms with Gasteiger partial charge in [-0.1, -0.05) is 17.3 Å². The number of aromatic nitrogens is 3. The predicted octanol–water partition coefficient (Wildman–Crippen LogP) is 1.92. The van der Waals surface area contributed by atoms with Crippen molar-refractivity contribution < 1.29 is 14.4 Å². The van der Waals surface area contributed by atoms with Gasteiger partial charge in [-0.2, -0.15) is 5.10 Å². The molecule has 6 nitrogen and oxygen atoms in total. The number of carboxylic acids is 1. The van der Waals surface area contributed by atoms with Crippen molar-refractivity contribution in [2.75, 3.05) is 0 Å². The molecule has 0 saturated carbocycles. The lowest BCUT2D eigenvalue weighted by atomic mass is 10.1. The van der Waals surface area contributed by atoms with Crippen LogP contribution in [0.3, 0.4) is 0 Å². The largest absolute Gasteiger partial charge is 0.477 e. The van der Waals surface area contributed by atoms with Gasteiger partial charge in [0.25, 0.3) is 0 Å². The first kappa shape index (κ1) is 9.59. The second-order valence-corrected chi connectivity index (χ2v) is 3.51. The van der Waals surface area contributed by atoms with E-state index in [0.29, 0.717) is 5.56 Å². The van der Waals surface area contributed by atoms with E-state index in [1.807, 2.05) is 6.07 Å². The Morgan fingerprint density at radius 3 is 3.06 bits per heavy atom. The summed E-state index contributed by atoms with van der Waals surface area (Å²) in [6, 6.07) is 5.44. The molecule has 1 aromatic carbocycles. The molecule has 0 bridgehead atoms. The maximum Gasteiger partial charge on any atom is 0.341 e. The summed E-state index contributed by atoms with van der Waals surface area (Å²) in [5, 5.41) is 20.1. The fourth-order valence-corrected chi connectivity index (χ4v) is 1.74. The lowest BCUT2D eigenvalue weighted by Crippen LogP contribution is -1.96. The lowest BCUT2D eigenvalue weighted by Gasteiger charge is -1.99. The third kappa shape index (κ3) is 1.38. The Hall–Kier alpha value is -2.63. The molecule has 3 rings (SSSR count). The Bertz CT molecular complexity index is 699. The van der Waals surface area contributed by atoms with E-state index in [9.17, 15) is 4.79 Å². The van der Waals surface area contributed by atoms with Gasteiger partial charge in [0.2, 0.25) is 0 Å². The Morgan fingerprint density at radius 2 is 2.24 bits per heavy atom. The van der Waals surface area contributed by atoms with Crippen LogP contribution in [-0.2, 0) is 0 Å². The Kier molecular flexibility index (Phi) is 1.94. The molecule has 2 heterocycles. The lowest BCUT2D eigenvalue weighted by molar-refractivity contribution is 0.0697. The first-order valence-electron chi connectivity index (χ1n) is 4.88. The molecule has 17 heavy (non-hydrogen) atoms. The molecule has 0 radical (unpaired) electrons. The number of para-hydroxylation sites is 1. The smallest absolute Gasteiger partial charge is 0.341 e. The van der Waals surface area contributed by atoms with Crippen LogP contribution in [0.1, 0.15) is 10.4 Å². The topological polar surface area (TPSA) is 92.0 Å². The number of rotatable bonds is 2. The van der Waals surface area contributed by atoms with Crippen LogP contribution in [0, 0.1) is 0 Å². The van der Waals surface area contributed by atoms with E-state index in [4.69, 9.17) is 9.63 Å². The van der Waals surface area contributed by atoms with Gasteiger partial charge in [-0.3, -0.25) is 5.10 Å². The molecule has 0 amide bonds. The van der Waals surface area contributed by atoms with Gasteiger partial charge in [-0.15, -0.1) is 0 Å². The minimum atomic E-state index is -1.07. The number of aromatic carboxylic acids is 1. The van der Waals surface area contributed by atoms with Gasteiger partial charge >= 0.3 is 5.97 Å². The number of fused-ring (bicyclic) bond motifs is 1. The molecule has 2 N–H and O–H groups in total. The van der Waals surface area contributed by atoms with Crippen LogP contribution in [0.2, 0.25) is 0 Å². The highest BCUT2D eigenvalue weighted by Crippen LogP contribution is 2.29. The van der Waals surface area contributed by atoms with E-state index in [1.165, 1.54) is 6.20 Å². The molecule has 0 unspecified atom stereocenters. The van der Waals surface area contributed by atoms with Gasteiger partial charge in [-0.25, -0.2) is 4.79 Å². The Labute approximate surface area is 94.9 Å². The molecule has 84 valence electrons. The van der Waals surface area contributed by atoms with Crippen LogP contribution < -0.4 is 0 Å². The molecule has 6 heteroatoms. The fraction of sp³-hybridized carbons (Fsp3) is 0. The first-order chi connectivity index (χ1) is 8.27. The number of nitrogens with one attached hydrogen (secondary N) is 1. The highest BCUT2D eigenvalue weighted by atomic mass is 16.5. The molecule has 0 aliphatic carbocycles. The minimum absolute atomic E-state index is 0.0344. The molecular weight excluding hydrogens is 222 g/mol. The summed E-state index contributed by atoms with van der Waals surface area (Å²) in [5.74, 6) is -0.842. The highest BCUT2D eigenvalue weighted by molar-refractivity contribution is 5.99. The van der Waals surface area contributed by atoms with Crippen LogP contribution in [0.15, 0.2) is 35.1 Å². The first-order valence-corrected chi connectivity index (χ1v) is 4.88. The van der Waals surface area contributed by atoms with Gasteiger partial charge < -0.3 is 9.63 Å². The van der Waals surface area contributed by atoms with Gasteiger partial charge in [0.1, 0.15) is 5.56 Å². The zero-order valence-electron chi connectivity index (χ0n) is 8.54. The van der Waals surface area contributed by atoms with Gasteiger partial charge in [0.15, 0.2) is 5.76 Å². The van der Waals surface area contributed by atoms with Gasteiger partial charge in [0.05, 0.1) is 17.9 Å². The number of nitrogens with zero attached hydrogens (tertiary/aromatic N) is 2. The summed E-state index contributed by atoms with van der Waals surface area (Å²) in [4.78, 5) is 11.0. The van der Waals surface area contributed by atoms with E-state index in [1.54, 1.807) is 18.3 Å². The number of hydrogen-bond acceptors (Lipinski definition) is 4. The number of carbonyl (C=O) groups is 1. The molecule has 0 fully saturated rings. The summed E-state index contributed by atoms with van der Waals surface area (Å²) >= 11 is 0. The quantitative estimate of drug-likeness (QED) is 0.700. The number of H-pyrrole nitrogens is 1. The highest BCUT2D eigenvalue weighted by Gasteiger charge is 2.19. The van der Waals surface area contributed by atoms with Crippen LogP contribution >= 0.6 is 0 Å². The monoisotopic (exact) mass is 229 g/mol. The van der Waals surface area contributed by atoms with Crippen molar-refractivity contribution in [2.45, 2.75) is 0 Å². The molecule has 0 atom stereocenters. The van der Waals surface area contributed by atoms with Gasteiger partial charge in [-0.05, 0) is 6.07 Å². The normalized spacial score (nSPS) is 10.8. The zero-order valence-corrected chi connectivity index (χ0v) is 8.54. The fourth-order valence-electron chi connectivity index (χ4n) is 1.74. The maximum absolute atomic E-state index is 11.0. The predicted molar refractivity (Wildman–Crippen MR) is 58.6 cm³/mol. The van der Waals surface area contributed by atoms with Crippen molar-refractivity contribution in [3.63, 3.8) is 0 Å². The van der Waals surface area contributed by atoms with Crippen LogP contribution in [0.5, 0.6) is 0 Å². The number of aromatic amines is 1. The Morgan fingerprint density at radius 1 is 1.35 bits per heavy atom. The molecular formula is C11H7N3O3. The van der Waals surface area contributed by atoms with Crippen molar-refractivity contribution in [3.05, 3.63) is 36.2 Å². The number of carboxylic acid groups (broad SMARTS) is 1. The third-order valence-electron chi connectivity index (χ3n) is 2.52. The van der Waals surface area contributed by atoms with Crippen molar-refractivity contribution >= 4 is 16.9 Å². The molecule has 0 spiro atoms. The molecule has 3 aromatic rings. The summed E-state index contributed by atoms with van der Waals surface area (Å²) in [5.41, 5.74) is 1.40. The average molecular weight is 229 g/mol. The van der Waals surface area contributed by atoms with Crippen LogP contribution in [-0.4, -0.2) is 26.4 Å². The van der Waals surface area contributed by atoms with Gasteiger partial charge in [0, 0.05) is 10.9 Å². The van der Waals surface area contributed by atoms with E-state index in [0.717, 1.165) is 10.9 Å². The van der Waals surface area contributed by atoms with E-state index in [2.05, 4.69) is 15.4 Å². The standard InChI is InChI=1S/C11H7N3O3/c15-11(16)8-5-13-17-10(8)7-3-1-2-6-4-12-14-9(6)7/h1-5H,(H,12,14)(H,15,16). The van der Waals surface area contributed by atoms with E-state index in [-0.39, 0.29) is 11.3 Å². The van der Waals surface area contributed by atoms with E-state index < -0.39 is 5.97 Å². The second-order valence-electron chi connectivity index (χ2n) is 3.51.